The van der Waals surface area contributed by atoms with Gasteiger partial charge < -0.3 is 19.8 Å². The van der Waals surface area contributed by atoms with Gasteiger partial charge in [-0.3, -0.25) is 4.79 Å². The average molecular weight is 364 g/mol. The van der Waals surface area contributed by atoms with Crippen molar-refractivity contribution in [2.45, 2.75) is 31.7 Å². The van der Waals surface area contributed by atoms with Crippen LogP contribution in [0.1, 0.15) is 35.7 Å². The Balaban J connectivity index is 1.52. The molecule has 5 heteroatoms. The van der Waals surface area contributed by atoms with Crippen molar-refractivity contribution in [1.29, 1.82) is 0 Å². The first-order valence-corrected chi connectivity index (χ1v) is 9.28. The number of carbonyl (C=O) groups excluding carboxylic acids is 1. The largest absolute Gasteiger partial charge is 0.497 e. The minimum atomic E-state index is 0.0258. The molecule has 0 saturated heterocycles. The lowest BCUT2D eigenvalue weighted by Crippen LogP contribution is -2.32. The number of benzene rings is 2. The number of methoxy groups -OCH3 is 2. The van der Waals surface area contributed by atoms with Gasteiger partial charge >= 0.3 is 0 Å². The fourth-order valence-corrected chi connectivity index (χ4v) is 3.89. The zero-order valence-electron chi connectivity index (χ0n) is 15.7. The number of H-pyrrole nitrogens is 1. The van der Waals surface area contributed by atoms with Gasteiger partial charge in [0.1, 0.15) is 11.5 Å². The van der Waals surface area contributed by atoms with Gasteiger partial charge in [-0.2, -0.15) is 0 Å². The van der Waals surface area contributed by atoms with E-state index in [2.05, 4.69) is 16.4 Å². The first kappa shape index (κ1) is 17.5. The number of amides is 1. The van der Waals surface area contributed by atoms with Gasteiger partial charge in [-0.25, -0.2) is 0 Å². The number of carbonyl (C=O) groups is 1. The Hall–Kier alpha value is -2.95. The van der Waals surface area contributed by atoms with E-state index in [0.717, 1.165) is 47.5 Å². The minimum Gasteiger partial charge on any atom is -0.497 e. The summed E-state index contributed by atoms with van der Waals surface area (Å²) in [6, 6.07) is 13.7. The molecular weight excluding hydrogens is 340 g/mol. The molecule has 1 heterocycles. The van der Waals surface area contributed by atoms with Crippen molar-refractivity contribution in [3.8, 4) is 11.5 Å². The van der Waals surface area contributed by atoms with E-state index in [1.54, 1.807) is 14.2 Å². The lowest BCUT2D eigenvalue weighted by molar-refractivity contribution is -0.121. The monoisotopic (exact) mass is 364 g/mol. The summed E-state index contributed by atoms with van der Waals surface area (Å²) in [5.74, 6) is 1.69. The Morgan fingerprint density at radius 1 is 1.11 bits per heavy atom. The lowest BCUT2D eigenvalue weighted by atomic mass is 9.91. The van der Waals surface area contributed by atoms with Crippen LogP contribution >= 0.6 is 0 Å². The third-order valence-corrected chi connectivity index (χ3v) is 5.27. The molecule has 2 N–H and O–H groups in total. The zero-order chi connectivity index (χ0) is 18.8. The van der Waals surface area contributed by atoms with Crippen molar-refractivity contribution >= 4 is 16.8 Å². The zero-order valence-corrected chi connectivity index (χ0v) is 15.7. The highest BCUT2D eigenvalue weighted by Crippen LogP contribution is 2.36. The highest BCUT2D eigenvalue weighted by molar-refractivity contribution is 5.87. The number of ether oxygens (including phenoxy) is 2. The van der Waals surface area contributed by atoms with Crippen LogP contribution in [0.25, 0.3) is 10.9 Å². The Morgan fingerprint density at radius 2 is 1.85 bits per heavy atom. The van der Waals surface area contributed by atoms with Gasteiger partial charge in [0.15, 0.2) is 0 Å². The number of aromatic amines is 1. The lowest BCUT2D eigenvalue weighted by Gasteiger charge is -2.24. The van der Waals surface area contributed by atoms with Gasteiger partial charge in [0.2, 0.25) is 5.91 Å². The number of fused-ring (bicyclic) bond motifs is 3. The summed E-state index contributed by atoms with van der Waals surface area (Å²) in [7, 11) is 3.32. The topological polar surface area (TPSA) is 63.3 Å². The molecule has 1 aliphatic rings. The molecule has 0 spiro atoms. The molecule has 0 bridgehead atoms. The van der Waals surface area contributed by atoms with Crippen molar-refractivity contribution < 1.29 is 14.3 Å². The molecule has 1 aliphatic carbocycles. The number of hydrogen-bond acceptors (Lipinski definition) is 3. The Bertz CT molecular complexity index is 960. The third-order valence-electron chi connectivity index (χ3n) is 5.27. The first-order chi connectivity index (χ1) is 13.2. The predicted octanol–water partition coefficient (Wildman–Crippen LogP) is 3.92. The molecule has 1 amide bonds. The molecule has 3 aromatic rings. The van der Waals surface area contributed by atoms with E-state index >= 15 is 0 Å². The van der Waals surface area contributed by atoms with Crippen molar-refractivity contribution in [3.63, 3.8) is 0 Å². The van der Waals surface area contributed by atoms with Crippen LogP contribution in [0.2, 0.25) is 0 Å². The second-order valence-electron chi connectivity index (χ2n) is 6.97. The second-order valence-corrected chi connectivity index (χ2v) is 6.97. The fourth-order valence-electron chi connectivity index (χ4n) is 3.89. The van der Waals surface area contributed by atoms with Crippen molar-refractivity contribution in [2.24, 2.45) is 0 Å². The third kappa shape index (κ3) is 3.50. The van der Waals surface area contributed by atoms with E-state index in [1.807, 2.05) is 36.4 Å². The fraction of sp³-hybridized carbons (Fsp3) is 0.318. The van der Waals surface area contributed by atoms with E-state index < -0.39 is 0 Å². The Labute approximate surface area is 158 Å². The maximum atomic E-state index is 12.6. The van der Waals surface area contributed by atoms with Crippen LogP contribution < -0.4 is 14.8 Å². The van der Waals surface area contributed by atoms with Crippen molar-refractivity contribution in [1.82, 2.24) is 10.3 Å². The second kappa shape index (κ2) is 7.35. The molecule has 0 fully saturated rings. The van der Waals surface area contributed by atoms with Crippen LogP contribution in [0.4, 0.5) is 0 Å². The molecule has 27 heavy (non-hydrogen) atoms. The normalized spacial score (nSPS) is 16.0. The summed E-state index contributed by atoms with van der Waals surface area (Å²) in [5, 5.41) is 4.40. The molecule has 140 valence electrons. The first-order valence-electron chi connectivity index (χ1n) is 9.28. The van der Waals surface area contributed by atoms with Crippen LogP contribution in [0.3, 0.4) is 0 Å². The summed E-state index contributed by atoms with van der Waals surface area (Å²) >= 11 is 0. The minimum absolute atomic E-state index is 0.0258. The Morgan fingerprint density at radius 3 is 2.59 bits per heavy atom. The van der Waals surface area contributed by atoms with Gasteiger partial charge in [-0.15, -0.1) is 0 Å². The number of aromatic nitrogens is 1. The van der Waals surface area contributed by atoms with E-state index in [-0.39, 0.29) is 11.9 Å². The molecule has 1 aromatic heterocycles. The van der Waals surface area contributed by atoms with Crippen LogP contribution in [-0.4, -0.2) is 25.1 Å². The molecule has 4 rings (SSSR count). The van der Waals surface area contributed by atoms with Crippen molar-refractivity contribution in [2.75, 3.05) is 14.2 Å². The van der Waals surface area contributed by atoms with Gasteiger partial charge in [0, 0.05) is 16.6 Å². The van der Waals surface area contributed by atoms with Gasteiger partial charge in [0.25, 0.3) is 0 Å². The summed E-state index contributed by atoms with van der Waals surface area (Å²) in [6.07, 6.45) is 3.40. The molecule has 1 atom stereocenters. The highest BCUT2D eigenvalue weighted by atomic mass is 16.5. The molecule has 0 saturated carbocycles. The smallest absolute Gasteiger partial charge is 0.224 e. The maximum absolute atomic E-state index is 12.6. The SMILES string of the molecule is COc1ccc(CC(=O)N[C@@H]2CCCc3c2[nH]c2ccc(OC)cc32)cc1. The number of nitrogens with one attached hydrogen (secondary N) is 2. The maximum Gasteiger partial charge on any atom is 0.224 e. The summed E-state index contributed by atoms with van der Waals surface area (Å²) in [6.45, 7) is 0. The standard InChI is InChI=1S/C22H24N2O3/c1-26-15-8-6-14(7-9-15)12-21(25)23-20-5-3-4-17-18-13-16(27-2)10-11-19(18)24-22(17)20/h6-11,13,20,24H,3-5,12H2,1-2H3,(H,23,25)/t20-/m1/s1. The predicted molar refractivity (Wildman–Crippen MR) is 105 cm³/mol. The number of aryl methyl sites for hydroxylation is 1. The van der Waals surface area contributed by atoms with Gasteiger partial charge in [0.05, 0.1) is 26.7 Å². The highest BCUT2D eigenvalue weighted by Gasteiger charge is 2.25. The molecule has 2 aromatic carbocycles. The van der Waals surface area contributed by atoms with Crippen LogP contribution in [0.5, 0.6) is 11.5 Å². The van der Waals surface area contributed by atoms with E-state index in [1.165, 1.54) is 10.9 Å². The number of rotatable bonds is 5. The molecule has 0 radical (unpaired) electrons. The van der Waals surface area contributed by atoms with E-state index in [9.17, 15) is 4.79 Å². The van der Waals surface area contributed by atoms with Crippen LogP contribution in [-0.2, 0) is 17.6 Å². The van der Waals surface area contributed by atoms with Gasteiger partial charge in [-0.1, -0.05) is 12.1 Å². The van der Waals surface area contributed by atoms with E-state index in [0.29, 0.717) is 6.42 Å². The van der Waals surface area contributed by atoms with Crippen molar-refractivity contribution in [3.05, 3.63) is 59.3 Å². The van der Waals surface area contributed by atoms with Gasteiger partial charge in [-0.05, 0) is 60.7 Å². The van der Waals surface area contributed by atoms with Crippen LogP contribution in [0.15, 0.2) is 42.5 Å². The molecule has 0 aliphatic heterocycles. The summed E-state index contributed by atoms with van der Waals surface area (Å²) < 4.78 is 10.5. The van der Waals surface area contributed by atoms with E-state index in [4.69, 9.17) is 9.47 Å². The molecule has 5 nitrogen and oxygen atoms in total. The number of hydrogen-bond donors (Lipinski definition) is 2. The molecule has 0 unspecified atom stereocenters. The average Bonchev–Trinajstić information content (AvgIpc) is 3.07. The Kier molecular flexibility index (Phi) is 4.75. The quantitative estimate of drug-likeness (QED) is 0.721. The van der Waals surface area contributed by atoms with Crippen LogP contribution in [0, 0.1) is 0 Å². The summed E-state index contributed by atoms with van der Waals surface area (Å²) in [5.41, 5.74) is 4.50. The summed E-state index contributed by atoms with van der Waals surface area (Å²) in [4.78, 5) is 16.1. The molecular formula is C22H24N2O3.